The van der Waals surface area contributed by atoms with E-state index < -0.39 is 42.7 Å². The molecule has 0 aromatic rings. The van der Waals surface area contributed by atoms with Crippen molar-refractivity contribution in [2.75, 3.05) is 13.2 Å². The predicted octanol–water partition coefficient (Wildman–Crippen LogP) is 6.86. The summed E-state index contributed by atoms with van der Waals surface area (Å²) in [5.74, 6) is -4.88. The first-order valence-electron chi connectivity index (χ1n) is 15.2. The van der Waals surface area contributed by atoms with Gasteiger partial charge in [0.15, 0.2) is 0 Å². The number of rotatable bonds is 27. The highest BCUT2D eigenvalue weighted by molar-refractivity contribution is 8.06. The van der Waals surface area contributed by atoms with E-state index in [2.05, 4.69) is 13.8 Å². The van der Waals surface area contributed by atoms with Crippen LogP contribution in [0.4, 0.5) is 0 Å². The van der Waals surface area contributed by atoms with E-state index in [1.54, 1.807) is 0 Å². The van der Waals surface area contributed by atoms with Crippen molar-refractivity contribution >= 4 is 32.2 Å². The van der Waals surface area contributed by atoms with Gasteiger partial charge in [0.25, 0.3) is 20.2 Å². The molecule has 41 heavy (non-hydrogen) atoms. The third-order valence-electron chi connectivity index (χ3n) is 6.83. The molecule has 0 unspecified atom stereocenters. The zero-order valence-corrected chi connectivity index (χ0v) is 26.9. The van der Waals surface area contributed by atoms with Gasteiger partial charge in [-0.25, -0.2) is 4.79 Å². The first-order chi connectivity index (χ1) is 19.3. The van der Waals surface area contributed by atoms with Gasteiger partial charge in [-0.1, -0.05) is 129 Å². The minimum Gasteiger partial charge on any atom is -0.481 e. The van der Waals surface area contributed by atoms with Crippen LogP contribution in [-0.2, 0) is 34.6 Å². The molecule has 0 spiro atoms. The summed E-state index contributed by atoms with van der Waals surface area (Å²) in [6, 6.07) is 0. The van der Waals surface area contributed by atoms with E-state index in [1.165, 1.54) is 128 Å². The molecule has 0 saturated heterocycles. The Bertz CT molecular complexity index is 817. The second-order valence-electron chi connectivity index (χ2n) is 10.6. The maximum Gasteiger partial charge on any atom is 0.346 e. The normalized spacial score (nSPS) is 12.1. The molecule has 4 N–H and O–H groups in total. The van der Waals surface area contributed by atoms with E-state index in [0.717, 1.165) is 13.2 Å². The lowest BCUT2D eigenvalue weighted by molar-refractivity contribution is -0.144. The maximum absolute atomic E-state index is 10.6. The molecule has 0 aliphatic carbocycles. The summed E-state index contributed by atoms with van der Waals surface area (Å²) in [4.78, 5) is 20.7. The van der Waals surface area contributed by atoms with Gasteiger partial charge in [-0.2, -0.15) is 16.8 Å². The summed E-state index contributed by atoms with van der Waals surface area (Å²) in [6.45, 7) is 6.57. The molecule has 0 aromatic carbocycles. The van der Waals surface area contributed by atoms with Crippen LogP contribution in [0.3, 0.4) is 0 Å². The van der Waals surface area contributed by atoms with E-state index in [9.17, 15) is 26.4 Å². The van der Waals surface area contributed by atoms with Crippen molar-refractivity contribution in [3.8, 4) is 0 Å². The smallest absolute Gasteiger partial charge is 0.346 e. The fourth-order valence-corrected chi connectivity index (χ4v) is 6.41. The number of hydrogen-bond donors (Lipinski definition) is 4. The van der Waals surface area contributed by atoms with Crippen molar-refractivity contribution in [1.82, 2.24) is 0 Å². The van der Waals surface area contributed by atoms with Gasteiger partial charge < -0.3 is 14.9 Å². The molecule has 0 aliphatic heterocycles. The molecule has 0 bridgehead atoms. The third-order valence-corrected chi connectivity index (χ3v) is 10.4. The highest BCUT2D eigenvalue weighted by Crippen LogP contribution is 2.28. The summed E-state index contributed by atoms with van der Waals surface area (Å²) in [7, 11) is -11.8. The van der Waals surface area contributed by atoms with Crippen LogP contribution in [0.25, 0.3) is 0 Å². The minimum atomic E-state index is -5.90. The first kappa shape index (κ1) is 41.9. The number of ether oxygens (including phenoxy) is 1. The van der Waals surface area contributed by atoms with Gasteiger partial charge in [0.2, 0.25) is 0 Å². The molecule has 0 heterocycles. The van der Waals surface area contributed by atoms with Crippen LogP contribution < -0.4 is 0 Å². The molecular weight excluding hydrogens is 576 g/mol. The molecule has 0 radical (unpaired) electrons. The number of carboxylic acid groups (broad SMARTS) is 2. The number of hydrogen-bond acceptors (Lipinski definition) is 7. The van der Waals surface area contributed by atoms with Crippen LogP contribution in [0.5, 0.6) is 0 Å². The van der Waals surface area contributed by atoms with Crippen molar-refractivity contribution in [1.29, 1.82) is 0 Å². The molecule has 0 rings (SSSR count). The Labute approximate surface area is 248 Å². The topological polar surface area (TPSA) is 193 Å². The maximum atomic E-state index is 10.6. The van der Waals surface area contributed by atoms with Crippen molar-refractivity contribution in [3.05, 3.63) is 0 Å². The van der Waals surface area contributed by atoms with Crippen molar-refractivity contribution in [2.45, 2.75) is 153 Å². The average molecular weight is 633 g/mol. The second kappa shape index (κ2) is 25.2. The standard InChI is InChI=1S/C24H50O.C4H6O10S2/c1-3-5-7-9-11-13-15-17-19-21-23-25-24-22-20-18-16-14-12-10-8-6-4-2;5-2(6)1-4(3(7)8,15(9,10)11)16(12,13)14/h3-24H2,1-2H3;1H2,(H,5,6)(H,7,8)(H,9,10,11)(H,12,13,14). The molecule has 0 atom stereocenters. The summed E-state index contributed by atoms with van der Waals surface area (Å²) in [6.07, 6.45) is 26.1. The van der Waals surface area contributed by atoms with E-state index in [-0.39, 0.29) is 0 Å². The lowest BCUT2D eigenvalue weighted by Gasteiger charge is -2.20. The highest BCUT2D eigenvalue weighted by Gasteiger charge is 2.63. The van der Waals surface area contributed by atoms with Gasteiger partial charge in [-0.15, -0.1) is 0 Å². The van der Waals surface area contributed by atoms with Crippen LogP contribution in [-0.4, -0.2) is 65.4 Å². The Morgan fingerprint density at radius 3 is 1.00 bits per heavy atom. The van der Waals surface area contributed by atoms with E-state index >= 15 is 0 Å². The molecule has 13 heteroatoms. The molecule has 0 fully saturated rings. The van der Waals surface area contributed by atoms with E-state index in [0.29, 0.717) is 0 Å². The van der Waals surface area contributed by atoms with Crippen LogP contribution >= 0.6 is 0 Å². The van der Waals surface area contributed by atoms with E-state index in [4.69, 9.17) is 24.1 Å². The van der Waals surface area contributed by atoms with Crippen molar-refractivity contribution in [2.24, 2.45) is 0 Å². The van der Waals surface area contributed by atoms with Crippen LogP contribution in [0.1, 0.15) is 149 Å². The number of carboxylic acids is 2. The van der Waals surface area contributed by atoms with Crippen LogP contribution in [0, 0.1) is 0 Å². The molecule has 0 saturated carbocycles. The zero-order chi connectivity index (χ0) is 31.6. The summed E-state index contributed by atoms with van der Waals surface area (Å²) >= 11 is 0. The Hall–Kier alpha value is -1.28. The predicted molar refractivity (Wildman–Crippen MR) is 160 cm³/mol. The minimum absolute atomic E-state index is 0.994. The van der Waals surface area contributed by atoms with E-state index in [1.807, 2.05) is 0 Å². The van der Waals surface area contributed by atoms with Gasteiger partial charge in [0.1, 0.15) is 0 Å². The quantitative estimate of drug-likeness (QED) is 0.0546. The molecular formula is C28H56O11S2. The van der Waals surface area contributed by atoms with Crippen molar-refractivity contribution < 1.29 is 50.5 Å². The van der Waals surface area contributed by atoms with Gasteiger partial charge in [0.05, 0.1) is 6.42 Å². The van der Waals surface area contributed by atoms with Gasteiger partial charge in [-0.05, 0) is 12.8 Å². The highest BCUT2D eigenvalue weighted by atomic mass is 32.3. The fourth-order valence-electron chi connectivity index (χ4n) is 4.30. The van der Waals surface area contributed by atoms with Crippen LogP contribution in [0.2, 0.25) is 0 Å². The fraction of sp³-hybridized carbons (Fsp3) is 0.929. The molecule has 0 aromatic heterocycles. The van der Waals surface area contributed by atoms with Gasteiger partial charge in [0, 0.05) is 13.2 Å². The number of aliphatic carboxylic acids is 2. The second-order valence-corrected chi connectivity index (χ2v) is 14.1. The lowest BCUT2D eigenvalue weighted by atomic mass is 10.1. The Kier molecular flexibility index (Phi) is 25.8. The van der Waals surface area contributed by atoms with Crippen molar-refractivity contribution in [3.63, 3.8) is 0 Å². The molecule has 0 aliphatic rings. The lowest BCUT2D eigenvalue weighted by Crippen LogP contribution is -2.54. The monoisotopic (exact) mass is 632 g/mol. The Morgan fingerprint density at radius 2 is 0.805 bits per heavy atom. The van der Waals surface area contributed by atoms with Gasteiger partial charge in [-0.3, -0.25) is 13.9 Å². The van der Waals surface area contributed by atoms with Crippen LogP contribution in [0.15, 0.2) is 0 Å². The number of unbranched alkanes of at least 4 members (excludes halogenated alkanes) is 18. The largest absolute Gasteiger partial charge is 0.481 e. The number of carbonyl (C=O) groups is 2. The summed E-state index contributed by atoms with van der Waals surface area (Å²) in [5, 5.41) is 16.6. The SMILES string of the molecule is CCCCCCCCCCCCOCCCCCCCCCCCC.O=C(O)CC(C(=O)O)(S(=O)(=O)O)S(=O)(=O)O. The Balaban J connectivity index is 0. The third kappa shape index (κ3) is 21.1. The molecule has 246 valence electrons. The molecule has 11 nitrogen and oxygen atoms in total. The summed E-state index contributed by atoms with van der Waals surface area (Å²) in [5.41, 5.74) is 0. The summed E-state index contributed by atoms with van der Waals surface area (Å²) < 4.78 is 61.1. The van der Waals surface area contributed by atoms with Gasteiger partial charge >= 0.3 is 16.0 Å². The first-order valence-corrected chi connectivity index (χ1v) is 18.1. The average Bonchev–Trinajstić information content (AvgIpc) is 2.87. The zero-order valence-electron chi connectivity index (χ0n) is 25.2. The molecule has 0 amide bonds. The Morgan fingerprint density at radius 1 is 0.537 bits per heavy atom.